The number of aryl methyl sites for hydroxylation is 2. The second kappa shape index (κ2) is 7.45. The van der Waals surface area contributed by atoms with Gasteiger partial charge in [-0.05, 0) is 67.5 Å². The Kier molecular flexibility index (Phi) is 5.59. The standard InChI is InChI=1S/C21H27NO/c1-14(2)10-18-6-8-19(9-7-18)17(5)21(23)22-20-12-15(3)11-16(4)13-20/h6-9,11-14,17H,10H2,1-5H3,(H,22,23). The van der Waals surface area contributed by atoms with Crippen LogP contribution in [0.4, 0.5) is 5.69 Å². The van der Waals surface area contributed by atoms with Gasteiger partial charge in [0.2, 0.25) is 5.91 Å². The van der Waals surface area contributed by atoms with Crippen LogP contribution in [0.25, 0.3) is 0 Å². The Morgan fingerprint density at radius 2 is 1.52 bits per heavy atom. The quantitative estimate of drug-likeness (QED) is 0.803. The van der Waals surface area contributed by atoms with Gasteiger partial charge in [-0.2, -0.15) is 0 Å². The monoisotopic (exact) mass is 309 g/mol. The predicted molar refractivity (Wildman–Crippen MR) is 97.9 cm³/mol. The minimum absolute atomic E-state index is 0.0339. The van der Waals surface area contributed by atoms with Gasteiger partial charge in [0.05, 0.1) is 5.92 Å². The summed E-state index contributed by atoms with van der Waals surface area (Å²) in [7, 11) is 0. The Morgan fingerprint density at radius 1 is 0.957 bits per heavy atom. The van der Waals surface area contributed by atoms with Crippen LogP contribution in [0.2, 0.25) is 0 Å². The van der Waals surface area contributed by atoms with Gasteiger partial charge in [0, 0.05) is 5.69 Å². The normalized spacial score (nSPS) is 12.3. The molecule has 1 unspecified atom stereocenters. The molecule has 122 valence electrons. The molecule has 0 spiro atoms. The number of nitrogens with one attached hydrogen (secondary N) is 1. The maximum Gasteiger partial charge on any atom is 0.231 e. The molecule has 2 heteroatoms. The van der Waals surface area contributed by atoms with E-state index in [2.05, 4.69) is 49.5 Å². The molecule has 0 radical (unpaired) electrons. The summed E-state index contributed by atoms with van der Waals surface area (Å²) in [6.45, 7) is 10.5. The topological polar surface area (TPSA) is 29.1 Å². The molecule has 0 saturated carbocycles. The van der Waals surface area contributed by atoms with Crippen molar-refractivity contribution in [2.45, 2.75) is 47.0 Å². The van der Waals surface area contributed by atoms with Crippen LogP contribution in [0.5, 0.6) is 0 Å². The first kappa shape index (κ1) is 17.3. The Labute approximate surface area is 139 Å². The Morgan fingerprint density at radius 3 is 2.04 bits per heavy atom. The van der Waals surface area contributed by atoms with Crippen molar-refractivity contribution >= 4 is 11.6 Å². The van der Waals surface area contributed by atoms with Crippen molar-refractivity contribution in [2.24, 2.45) is 5.92 Å². The molecule has 0 aliphatic rings. The summed E-state index contributed by atoms with van der Waals surface area (Å²) in [5.41, 5.74) is 5.57. The van der Waals surface area contributed by atoms with Crippen LogP contribution in [-0.4, -0.2) is 5.91 Å². The lowest BCUT2D eigenvalue weighted by atomic mass is 9.96. The molecule has 1 amide bonds. The first-order valence-electron chi connectivity index (χ1n) is 8.33. The molecule has 0 aliphatic heterocycles. The van der Waals surface area contributed by atoms with E-state index in [0.29, 0.717) is 5.92 Å². The maximum absolute atomic E-state index is 12.5. The fourth-order valence-corrected chi connectivity index (χ4v) is 2.86. The number of carbonyl (C=O) groups is 1. The zero-order chi connectivity index (χ0) is 17.0. The molecule has 0 aliphatic carbocycles. The predicted octanol–water partition coefficient (Wildman–Crippen LogP) is 5.24. The summed E-state index contributed by atoms with van der Waals surface area (Å²) in [6.07, 6.45) is 1.07. The van der Waals surface area contributed by atoms with E-state index in [-0.39, 0.29) is 11.8 Å². The molecule has 1 N–H and O–H groups in total. The zero-order valence-corrected chi connectivity index (χ0v) is 14.8. The van der Waals surface area contributed by atoms with E-state index in [1.54, 1.807) is 0 Å². The summed E-state index contributed by atoms with van der Waals surface area (Å²) in [5, 5.41) is 3.03. The number of amides is 1. The summed E-state index contributed by atoms with van der Waals surface area (Å²) >= 11 is 0. The van der Waals surface area contributed by atoms with E-state index in [9.17, 15) is 4.79 Å². The molecular formula is C21H27NO. The third-order valence-electron chi connectivity index (χ3n) is 4.01. The van der Waals surface area contributed by atoms with Crippen LogP contribution in [0.15, 0.2) is 42.5 Å². The average molecular weight is 309 g/mol. The van der Waals surface area contributed by atoms with Crippen molar-refractivity contribution in [3.05, 3.63) is 64.7 Å². The smallest absolute Gasteiger partial charge is 0.231 e. The van der Waals surface area contributed by atoms with E-state index >= 15 is 0 Å². The molecule has 2 nitrogen and oxygen atoms in total. The molecule has 0 aromatic heterocycles. The summed E-state index contributed by atoms with van der Waals surface area (Å²) in [5.74, 6) is 0.515. The molecule has 1 atom stereocenters. The van der Waals surface area contributed by atoms with Gasteiger partial charge in [0.15, 0.2) is 0 Å². The van der Waals surface area contributed by atoms with Crippen molar-refractivity contribution in [3.8, 4) is 0 Å². The highest BCUT2D eigenvalue weighted by Gasteiger charge is 2.15. The van der Waals surface area contributed by atoms with Crippen LogP contribution in [0.3, 0.4) is 0 Å². The van der Waals surface area contributed by atoms with Gasteiger partial charge in [0.1, 0.15) is 0 Å². The van der Waals surface area contributed by atoms with Crippen molar-refractivity contribution in [1.82, 2.24) is 0 Å². The first-order chi connectivity index (χ1) is 10.8. The molecule has 0 fully saturated rings. The van der Waals surface area contributed by atoms with Crippen LogP contribution in [-0.2, 0) is 11.2 Å². The van der Waals surface area contributed by atoms with E-state index in [1.807, 2.05) is 32.9 Å². The van der Waals surface area contributed by atoms with Crippen molar-refractivity contribution in [2.75, 3.05) is 5.32 Å². The second-order valence-corrected chi connectivity index (χ2v) is 6.93. The van der Waals surface area contributed by atoms with E-state index in [1.165, 1.54) is 5.56 Å². The van der Waals surface area contributed by atoms with Crippen LogP contribution in [0, 0.1) is 19.8 Å². The summed E-state index contributed by atoms with van der Waals surface area (Å²) < 4.78 is 0. The first-order valence-corrected chi connectivity index (χ1v) is 8.33. The minimum atomic E-state index is -0.163. The van der Waals surface area contributed by atoms with Crippen molar-refractivity contribution in [3.63, 3.8) is 0 Å². The summed E-state index contributed by atoms with van der Waals surface area (Å²) in [6, 6.07) is 14.5. The van der Waals surface area contributed by atoms with E-state index < -0.39 is 0 Å². The van der Waals surface area contributed by atoms with E-state index in [0.717, 1.165) is 28.8 Å². The van der Waals surface area contributed by atoms with Gasteiger partial charge in [-0.1, -0.05) is 44.2 Å². The highest BCUT2D eigenvalue weighted by Crippen LogP contribution is 2.21. The van der Waals surface area contributed by atoms with Gasteiger partial charge >= 0.3 is 0 Å². The Hall–Kier alpha value is -2.09. The van der Waals surface area contributed by atoms with Crippen LogP contribution >= 0.6 is 0 Å². The summed E-state index contributed by atoms with van der Waals surface area (Å²) in [4.78, 5) is 12.5. The largest absolute Gasteiger partial charge is 0.326 e. The molecule has 0 saturated heterocycles. The van der Waals surface area contributed by atoms with Crippen LogP contribution in [0.1, 0.15) is 48.9 Å². The maximum atomic E-state index is 12.5. The second-order valence-electron chi connectivity index (χ2n) is 6.93. The number of anilines is 1. The highest BCUT2D eigenvalue weighted by atomic mass is 16.1. The fraction of sp³-hybridized carbons (Fsp3) is 0.381. The Bertz CT molecular complexity index is 650. The molecule has 0 bridgehead atoms. The highest BCUT2D eigenvalue weighted by molar-refractivity contribution is 5.95. The minimum Gasteiger partial charge on any atom is -0.326 e. The lowest BCUT2D eigenvalue weighted by molar-refractivity contribution is -0.117. The van der Waals surface area contributed by atoms with E-state index in [4.69, 9.17) is 0 Å². The van der Waals surface area contributed by atoms with Crippen molar-refractivity contribution < 1.29 is 4.79 Å². The Balaban J connectivity index is 2.06. The molecular weight excluding hydrogens is 282 g/mol. The fourth-order valence-electron chi connectivity index (χ4n) is 2.86. The third kappa shape index (κ3) is 4.95. The molecule has 23 heavy (non-hydrogen) atoms. The zero-order valence-electron chi connectivity index (χ0n) is 14.8. The van der Waals surface area contributed by atoms with Crippen molar-refractivity contribution in [1.29, 1.82) is 0 Å². The molecule has 2 rings (SSSR count). The van der Waals surface area contributed by atoms with Gasteiger partial charge in [-0.25, -0.2) is 0 Å². The number of hydrogen-bond donors (Lipinski definition) is 1. The van der Waals surface area contributed by atoms with Gasteiger partial charge < -0.3 is 5.32 Å². The number of rotatable bonds is 5. The van der Waals surface area contributed by atoms with Gasteiger partial charge in [0.25, 0.3) is 0 Å². The lowest BCUT2D eigenvalue weighted by Crippen LogP contribution is -2.19. The molecule has 0 heterocycles. The number of benzene rings is 2. The lowest BCUT2D eigenvalue weighted by Gasteiger charge is -2.14. The SMILES string of the molecule is Cc1cc(C)cc(NC(=O)C(C)c2ccc(CC(C)C)cc2)c1. The number of hydrogen-bond acceptors (Lipinski definition) is 1. The molecule has 2 aromatic carbocycles. The third-order valence-corrected chi connectivity index (χ3v) is 4.01. The average Bonchev–Trinajstić information content (AvgIpc) is 2.45. The number of carbonyl (C=O) groups excluding carboxylic acids is 1. The van der Waals surface area contributed by atoms with Crippen LogP contribution < -0.4 is 5.32 Å². The van der Waals surface area contributed by atoms with Gasteiger partial charge in [-0.3, -0.25) is 4.79 Å². The van der Waals surface area contributed by atoms with Gasteiger partial charge in [-0.15, -0.1) is 0 Å². The molecule has 2 aromatic rings.